The van der Waals surface area contributed by atoms with E-state index in [1.807, 2.05) is 0 Å². The topological polar surface area (TPSA) is 53.5 Å². The Morgan fingerprint density at radius 2 is 1.80 bits per heavy atom. The lowest BCUT2D eigenvalue weighted by atomic mass is 10.3. The van der Waals surface area contributed by atoms with Gasteiger partial charge in [0.1, 0.15) is 5.69 Å². The first-order valence-electron chi connectivity index (χ1n) is 3.06. The Kier molecular flexibility index (Phi) is 1.89. The van der Waals surface area contributed by atoms with Crippen LogP contribution in [-0.4, -0.2) is 7.05 Å². The first kappa shape index (κ1) is 7.05. The standard InChI is InChI=1S/C7H10N2O/c1-9(10)7-4-2-6(8)3-5-7/h2-5,9H,8H2,1H3. The molecule has 1 aromatic carbocycles. The maximum atomic E-state index is 10.7. The van der Waals surface area contributed by atoms with Crippen LogP contribution in [0.25, 0.3) is 0 Å². The van der Waals surface area contributed by atoms with Crippen molar-refractivity contribution in [2.24, 2.45) is 0 Å². The third-order valence-corrected chi connectivity index (χ3v) is 1.32. The molecule has 0 aliphatic rings. The molecular formula is C7H10N2O. The molecule has 0 heterocycles. The molecule has 0 aliphatic carbocycles. The smallest absolute Gasteiger partial charge is 0.131 e. The third-order valence-electron chi connectivity index (χ3n) is 1.32. The maximum absolute atomic E-state index is 10.7. The summed E-state index contributed by atoms with van der Waals surface area (Å²) in [7, 11) is 1.53. The number of hydrogen-bond donors (Lipinski definition) is 2. The zero-order valence-electron chi connectivity index (χ0n) is 5.79. The van der Waals surface area contributed by atoms with E-state index in [1.54, 1.807) is 24.3 Å². The number of hydrogen-bond acceptors (Lipinski definition) is 2. The van der Waals surface area contributed by atoms with E-state index >= 15 is 0 Å². The van der Waals surface area contributed by atoms with Gasteiger partial charge in [-0.3, -0.25) is 0 Å². The minimum atomic E-state index is 0.0694. The van der Waals surface area contributed by atoms with Crippen LogP contribution in [0.4, 0.5) is 11.4 Å². The normalized spacial score (nSPS) is 13.0. The summed E-state index contributed by atoms with van der Waals surface area (Å²) in [6, 6.07) is 6.88. The highest BCUT2D eigenvalue weighted by molar-refractivity contribution is 5.44. The van der Waals surface area contributed by atoms with Gasteiger partial charge in [0.2, 0.25) is 0 Å². The zero-order chi connectivity index (χ0) is 7.56. The Balaban J connectivity index is 2.89. The van der Waals surface area contributed by atoms with Crippen molar-refractivity contribution in [2.45, 2.75) is 0 Å². The van der Waals surface area contributed by atoms with Gasteiger partial charge in [0.15, 0.2) is 0 Å². The lowest BCUT2D eigenvalue weighted by Crippen LogP contribution is -2.98. The Bertz CT molecular complexity index is 205. The van der Waals surface area contributed by atoms with E-state index in [0.29, 0.717) is 11.4 Å². The minimum Gasteiger partial charge on any atom is -0.629 e. The van der Waals surface area contributed by atoms with Crippen molar-refractivity contribution in [2.75, 3.05) is 12.8 Å². The Morgan fingerprint density at radius 1 is 1.30 bits per heavy atom. The highest BCUT2D eigenvalue weighted by Gasteiger charge is 1.93. The molecule has 54 valence electrons. The number of anilines is 1. The summed E-state index contributed by atoms with van der Waals surface area (Å²) < 4.78 is 0. The number of nitrogens with two attached hydrogens (primary N) is 1. The molecule has 1 unspecified atom stereocenters. The quantitative estimate of drug-likeness (QED) is 0.421. The van der Waals surface area contributed by atoms with Crippen LogP contribution in [0.5, 0.6) is 0 Å². The van der Waals surface area contributed by atoms with Crippen LogP contribution in [-0.2, 0) is 0 Å². The van der Waals surface area contributed by atoms with E-state index in [4.69, 9.17) is 5.73 Å². The van der Waals surface area contributed by atoms with Gasteiger partial charge in [-0.1, -0.05) is 0 Å². The van der Waals surface area contributed by atoms with Gasteiger partial charge in [-0.15, -0.1) is 0 Å². The average Bonchev–Trinajstić information content (AvgIpc) is 1.88. The molecule has 3 heteroatoms. The number of hydroxylamine groups is 1. The molecule has 0 amide bonds. The fraction of sp³-hybridized carbons (Fsp3) is 0.143. The van der Waals surface area contributed by atoms with Gasteiger partial charge >= 0.3 is 0 Å². The molecule has 3 nitrogen and oxygen atoms in total. The second kappa shape index (κ2) is 2.68. The number of quaternary nitrogens is 1. The van der Waals surface area contributed by atoms with Crippen molar-refractivity contribution in [1.29, 1.82) is 0 Å². The van der Waals surface area contributed by atoms with Crippen LogP contribution in [0.3, 0.4) is 0 Å². The molecule has 0 radical (unpaired) electrons. The van der Waals surface area contributed by atoms with Crippen molar-refractivity contribution in [1.82, 2.24) is 0 Å². The summed E-state index contributed by atoms with van der Waals surface area (Å²) in [4.78, 5) is 0. The highest BCUT2D eigenvalue weighted by atomic mass is 16.5. The van der Waals surface area contributed by atoms with Gasteiger partial charge < -0.3 is 16.0 Å². The largest absolute Gasteiger partial charge is 0.629 e. The molecular weight excluding hydrogens is 128 g/mol. The molecule has 0 bridgehead atoms. The molecule has 1 atom stereocenters. The zero-order valence-corrected chi connectivity index (χ0v) is 5.79. The van der Waals surface area contributed by atoms with Crippen LogP contribution in [0.2, 0.25) is 0 Å². The van der Waals surface area contributed by atoms with E-state index in [-0.39, 0.29) is 5.06 Å². The van der Waals surface area contributed by atoms with Crippen molar-refractivity contribution in [3.63, 3.8) is 0 Å². The SMILES string of the molecule is C[NH+]([O-])c1ccc(N)cc1. The van der Waals surface area contributed by atoms with Gasteiger partial charge in [0, 0.05) is 17.8 Å². The molecule has 3 N–H and O–H groups in total. The fourth-order valence-electron chi connectivity index (χ4n) is 0.718. The molecule has 0 saturated carbocycles. The molecule has 0 fully saturated rings. The van der Waals surface area contributed by atoms with Crippen molar-refractivity contribution in [3.05, 3.63) is 29.5 Å². The fourth-order valence-corrected chi connectivity index (χ4v) is 0.718. The summed E-state index contributed by atoms with van der Waals surface area (Å²) in [5, 5.41) is 10.8. The van der Waals surface area contributed by atoms with Crippen molar-refractivity contribution >= 4 is 11.4 Å². The second-order valence-corrected chi connectivity index (χ2v) is 2.18. The van der Waals surface area contributed by atoms with E-state index in [2.05, 4.69) is 0 Å². The lowest BCUT2D eigenvalue weighted by Gasteiger charge is -2.14. The average molecular weight is 138 g/mol. The second-order valence-electron chi connectivity index (χ2n) is 2.18. The molecule has 0 spiro atoms. The van der Waals surface area contributed by atoms with Crippen molar-refractivity contribution in [3.8, 4) is 0 Å². The minimum absolute atomic E-state index is 0.0694. The van der Waals surface area contributed by atoms with Gasteiger partial charge in [-0.2, -0.15) is 0 Å². The molecule has 0 saturated heterocycles. The van der Waals surface area contributed by atoms with E-state index in [0.717, 1.165) is 0 Å². The van der Waals surface area contributed by atoms with Crippen LogP contribution in [0.1, 0.15) is 0 Å². The summed E-state index contributed by atoms with van der Waals surface area (Å²) in [5.74, 6) is 0. The van der Waals surface area contributed by atoms with Gasteiger partial charge in [0.25, 0.3) is 0 Å². The Labute approximate surface area is 59.6 Å². The summed E-state index contributed by atoms with van der Waals surface area (Å²) in [5.41, 5.74) is 6.80. The van der Waals surface area contributed by atoms with Gasteiger partial charge in [-0.05, 0) is 12.1 Å². The van der Waals surface area contributed by atoms with Gasteiger partial charge in [-0.25, -0.2) is 0 Å². The van der Waals surface area contributed by atoms with Crippen LogP contribution < -0.4 is 10.8 Å². The van der Waals surface area contributed by atoms with E-state index in [9.17, 15) is 5.21 Å². The number of nitrogens with one attached hydrogen (secondary N) is 1. The highest BCUT2D eigenvalue weighted by Crippen LogP contribution is 2.04. The molecule has 0 aliphatic heterocycles. The van der Waals surface area contributed by atoms with E-state index in [1.165, 1.54) is 7.05 Å². The maximum Gasteiger partial charge on any atom is 0.131 e. The molecule has 1 aromatic rings. The predicted octanol–water partition coefficient (Wildman–Crippen LogP) is -0.0872. The molecule has 0 aromatic heterocycles. The van der Waals surface area contributed by atoms with E-state index < -0.39 is 0 Å². The summed E-state index contributed by atoms with van der Waals surface area (Å²) in [6.45, 7) is 0. The first-order chi connectivity index (χ1) is 4.70. The Hall–Kier alpha value is -1.06. The summed E-state index contributed by atoms with van der Waals surface area (Å²) >= 11 is 0. The number of benzene rings is 1. The third kappa shape index (κ3) is 1.46. The van der Waals surface area contributed by atoms with Gasteiger partial charge in [0.05, 0.1) is 7.05 Å². The predicted molar refractivity (Wildman–Crippen MR) is 40.8 cm³/mol. The number of nitrogen functional groups attached to an aromatic ring is 1. The summed E-state index contributed by atoms with van der Waals surface area (Å²) in [6.07, 6.45) is 0. The van der Waals surface area contributed by atoms with Crippen LogP contribution >= 0.6 is 0 Å². The van der Waals surface area contributed by atoms with Crippen LogP contribution in [0, 0.1) is 5.21 Å². The van der Waals surface area contributed by atoms with Crippen molar-refractivity contribution < 1.29 is 5.06 Å². The monoisotopic (exact) mass is 138 g/mol. The lowest BCUT2D eigenvalue weighted by molar-refractivity contribution is -0.751. The first-order valence-corrected chi connectivity index (χ1v) is 3.06. The molecule has 10 heavy (non-hydrogen) atoms. The number of rotatable bonds is 1. The van der Waals surface area contributed by atoms with Crippen LogP contribution in [0.15, 0.2) is 24.3 Å². The Morgan fingerprint density at radius 3 is 2.20 bits per heavy atom. The molecule has 1 rings (SSSR count).